The minimum atomic E-state index is 0.149. The highest BCUT2D eigenvalue weighted by Crippen LogP contribution is 2.30. The number of fused-ring (bicyclic) bond motifs is 4. The third kappa shape index (κ3) is 3.10. The third-order valence-corrected chi connectivity index (χ3v) is 4.82. The first-order chi connectivity index (χ1) is 10.5. The maximum atomic E-state index is 9.90. The summed E-state index contributed by atoms with van der Waals surface area (Å²) in [6.07, 6.45) is 4.12. The van der Waals surface area contributed by atoms with Crippen molar-refractivity contribution in [2.24, 2.45) is 0 Å². The lowest BCUT2D eigenvalue weighted by molar-refractivity contribution is 0.279. The zero-order valence-electron chi connectivity index (χ0n) is 13.9. The van der Waals surface area contributed by atoms with E-state index in [2.05, 4.69) is 57.2 Å². The number of aliphatic hydroxyl groups is 1. The molecule has 0 heterocycles. The molecule has 1 nitrogen and oxygen atoms in total. The highest BCUT2D eigenvalue weighted by Gasteiger charge is 2.19. The van der Waals surface area contributed by atoms with Gasteiger partial charge < -0.3 is 5.11 Å². The zero-order chi connectivity index (χ0) is 15.7. The maximum Gasteiger partial charge on any atom is 0.0687 e. The molecule has 0 fully saturated rings. The van der Waals surface area contributed by atoms with E-state index in [0.717, 1.165) is 31.2 Å². The smallest absolute Gasteiger partial charge is 0.0687 e. The number of aryl methyl sites for hydroxylation is 4. The topological polar surface area (TPSA) is 20.2 Å². The van der Waals surface area contributed by atoms with Gasteiger partial charge in [0, 0.05) is 0 Å². The van der Waals surface area contributed by atoms with Crippen LogP contribution in [0.2, 0.25) is 0 Å². The monoisotopic (exact) mass is 294 g/mol. The lowest BCUT2D eigenvalue weighted by Gasteiger charge is -2.24. The molecule has 2 aromatic rings. The Morgan fingerprint density at radius 3 is 1.86 bits per heavy atom. The van der Waals surface area contributed by atoms with Crippen molar-refractivity contribution < 1.29 is 5.11 Å². The van der Waals surface area contributed by atoms with Crippen molar-refractivity contribution >= 4 is 0 Å². The standard InChI is InChI=1S/C21H26O/c1-21(2,3)19-12-17-9-7-15-5-4-6-16(11-15)8-10-18(13-19)20(17)14-22/h4-6,11-13,22H,7-10,14H2,1-3H3. The van der Waals surface area contributed by atoms with Gasteiger partial charge >= 0.3 is 0 Å². The van der Waals surface area contributed by atoms with Gasteiger partial charge in [0.2, 0.25) is 0 Å². The van der Waals surface area contributed by atoms with Crippen molar-refractivity contribution in [1.82, 2.24) is 0 Å². The number of aliphatic hydroxyl groups excluding tert-OH is 1. The first-order valence-corrected chi connectivity index (χ1v) is 8.31. The fourth-order valence-corrected chi connectivity index (χ4v) is 3.38. The zero-order valence-corrected chi connectivity index (χ0v) is 13.9. The van der Waals surface area contributed by atoms with Gasteiger partial charge in [-0.1, -0.05) is 57.2 Å². The van der Waals surface area contributed by atoms with E-state index in [9.17, 15) is 5.11 Å². The predicted octanol–water partition coefficient (Wildman–Crippen LogP) is 4.36. The fraction of sp³-hybridized carbons (Fsp3) is 0.429. The summed E-state index contributed by atoms with van der Waals surface area (Å²) < 4.78 is 0. The van der Waals surface area contributed by atoms with E-state index in [1.165, 1.54) is 27.8 Å². The molecule has 1 aliphatic rings. The van der Waals surface area contributed by atoms with Gasteiger partial charge in [-0.05, 0) is 64.5 Å². The van der Waals surface area contributed by atoms with E-state index in [0.29, 0.717) is 0 Å². The fourth-order valence-electron chi connectivity index (χ4n) is 3.38. The Bertz CT molecular complexity index is 632. The van der Waals surface area contributed by atoms with Crippen LogP contribution in [0.3, 0.4) is 0 Å². The van der Waals surface area contributed by atoms with Crippen molar-refractivity contribution in [3.63, 3.8) is 0 Å². The first-order valence-electron chi connectivity index (χ1n) is 8.31. The van der Waals surface area contributed by atoms with Gasteiger partial charge in [0.25, 0.3) is 0 Å². The van der Waals surface area contributed by atoms with Crippen molar-refractivity contribution in [1.29, 1.82) is 0 Å². The van der Waals surface area contributed by atoms with Crippen LogP contribution in [0.4, 0.5) is 0 Å². The number of hydrogen-bond acceptors (Lipinski definition) is 1. The molecule has 22 heavy (non-hydrogen) atoms. The van der Waals surface area contributed by atoms with Crippen LogP contribution in [0.15, 0.2) is 36.4 Å². The van der Waals surface area contributed by atoms with Crippen LogP contribution in [0, 0.1) is 0 Å². The lowest BCUT2D eigenvalue weighted by Crippen LogP contribution is -2.15. The predicted molar refractivity (Wildman–Crippen MR) is 92.3 cm³/mol. The molecule has 0 radical (unpaired) electrons. The summed E-state index contributed by atoms with van der Waals surface area (Å²) in [5.41, 5.74) is 8.18. The molecule has 2 aromatic carbocycles. The molecule has 0 aliphatic heterocycles. The van der Waals surface area contributed by atoms with Crippen LogP contribution < -0.4 is 0 Å². The second-order valence-corrected chi connectivity index (χ2v) is 7.50. The lowest BCUT2D eigenvalue weighted by atomic mass is 9.81. The molecule has 0 aromatic heterocycles. The molecule has 0 spiro atoms. The number of hydrogen-bond donors (Lipinski definition) is 1. The van der Waals surface area contributed by atoms with Crippen LogP contribution in [0.25, 0.3) is 0 Å². The molecule has 1 aliphatic carbocycles. The second-order valence-electron chi connectivity index (χ2n) is 7.50. The molecule has 0 amide bonds. The Kier molecular flexibility index (Phi) is 4.10. The molecule has 0 saturated carbocycles. The van der Waals surface area contributed by atoms with Gasteiger partial charge in [0.05, 0.1) is 6.61 Å². The summed E-state index contributed by atoms with van der Waals surface area (Å²) in [6, 6.07) is 13.6. The molecule has 0 saturated heterocycles. The summed E-state index contributed by atoms with van der Waals surface area (Å²) in [6.45, 7) is 6.96. The Labute approximate surface area is 134 Å². The van der Waals surface area contributed by atoms with E-state index in [1.807, 2.05) is 0 Å². The van der Waals surface area contributed by atoms with E-state index < -0.39 is 0 Å². The Hall–Kier alpha value is -1.60. The molecule has 4 bridgehead atoms. The molecular weight excluding hydrogens is 268 g/mol. The molecule has 1 heteroatoms. The summed E-state index contributed by atoms with van der Waals surface area (Å²) in [5.74, 6) is 0. The summed E-state index contributed by atoms with van der Waals surface area (Å²) in [7, 11) is 0. The maximum absolute atomic E-state index is 9.90. The van der Waals surface area contributed by atoms with Crippen LogP contribution in [0.1, 0.15) is 54.2 Å². The first kappa shape index (κ1) is 15.3. The third-order valence-electron chi connectivity index (χ3n) is 4.82. The van der Waals surface area contributed by atoms with Gasteiger partial charge in [-0.25, -0.2) is 0 Å². The van der Waals surface area contributed by atoms with Crippen molar-refractivity contribution in [3.05, 3.63) is 69.8 Å². The summed E-state index contributed by atoms with van der Waals surface area (Å²) in [4.78, 5) is 0. The molecule has 3 rings (SSSR count). The second kappa shape index (κ2) is 5.89. The molecule has 116 valence electrons. The van der Waals surface area contributed by atoms with Crippen LogP contribution in [0.5, 0.6) is 0 Å². The van der Waals surface area contributed by atoms with E-state index in [-0.39, 0.29) is 12.0 Å². The highest BCUT2D eigenvalue weighted by atomic mass is 16.3. The molecule has 0 unspecified atom stereocenters. The average molecular weight is 294 g/mol. The van der Waals surface area contributed by atoms with Crippen molar-refractivity contribution in [2.45, 2.75) is 58.5 Å². The van der Waals surface area contributed by atoms with E-state index in [4.69, 9.17) is 0 Å². The van der Waals surface area contributed by atoms with Gasteiger partial charge in [-0.3, -0.25) is 0 Å². The summed E-state index contributed by atoms with van der Waals surface area (Å²) in [5, 5.41) is 9.90. The minimum absolute atomic E-state index is 0.149. The highest BCUT2D eigenvalue weighted by molar-refractivity contribution is 5.43. The van der Waals surface area contributed by atoms with E-state index >= 15 is 0 Å². The van der Waals surface area contributed by atoms with Gasteiger partial charge in [-0.2, -0.15) is 0 Å². The van der Waals surface area contributed by atoms with Crippen molar-refractivity contribution in [2.75, 3.05) is 0 Å². The molecule has 0 atom stereocenters. The van der Waals surface area contributed by atoms with Crippen LogP contribution in [-0.2, 0) is 37.7 Å². The Morgan fingerprint density at radius 2 is 1.41 bits per heavy atom. The minimum Gasteiger partial charge on any atom is -0.392 e. The molecule has 1 N–H and O–H groups in total. The van der Waals surface area contributed by atoms with E-state index in [1.54, 1.807) is 0 Å². The summed E-state index contributed by atoms with van der Waals surface area (Å²) >= 11 is 0. The van der Waals surface area contributed by atoms with Crippen LogP contribution >= 0.6 is 0 Å². The van der Waals surface area contributed by atoms with Gasteiger partial charge in [-0.15, -0.1) is 0 Å². The van der Waals surface area contributed by atoms with Crippen LogP contribution in [-0.4, -0.2) is 5.11 Å². The van der Waals surface area contributed by atoms with Crippen molar-refractivity contribution in [3.8, 4) is 0 Å². The SMILES string of the molecule is CC(C)(C)c1cc2c(CO)c(c1)CCc1cccc(c1)CC2. The quantitative estimate of drug-likeness (QED) is 0.828. The number of rotatable bonds is 1. The van der Waals surface area contributed by atoms with Gasteiger partial charge in [0.15, 0.2) is 0 Å². The Balaban J connectivity index is 2.09. The average Bonchev–Trinajstić information content (AvgIpc) is 2.49. The largest absolute Gasteiger partial charge is 0.392 e. The Morgan fingerprint density at radius 1 is 0.864 bits per heavy atom. The normalized spacial score (nSPS) is 14.7. The van der Waals surface area contributed by atoms with Gasteiger partial charge in [0.1, 0.15) is 0 Å². The number of benzene rings is 2. The molecular formula is C21H26O.